The van der Waals surface area contributed by atoms with Crippen molar-refractivity contribution in [3.05, 3.63) is 95.6 Å². The molecule has 0 spiro atoms. The Morgan fingerprint density at radius 1 is 0.607 bits per heavy atom. The van der Waals surface area contributed by atoms with E-state index >= 15 is 0 Å². The van der Waals surface area contributed by atoms with Crippen LogP contribution in [0.5, 0.6) is 0 Å². The Hall–Kier alpha value is -3.52. The van der Waals surface area contributed by atoms with Crippen molar-refractivity contribution in [1.29, 1.82) is 0 Å². The normalized spacial score (nSPS) is 11.9. The fourth-order valence-corrected chi connectivity index (χ4v) is 4.21. The SMILES string of the molecule is Cc1ccc2oc3cc(Cc4cccc5c4oc4ccccc45)ccc3c2c1. The van der Waals surface area contributed by atoms with E-state index in [1.807, 2.05) is 12.1 Å². The van der Waals surface area contributed by atoms with Crippen LogP contribution in [-0.2, 0) is 6.42 Å². The molecule has 0 aliphatic carbocycles. The van der Waals surface area contributed by atoms with Crippen LogP contribution in [0.4, 0.5) is 0 Å². The number of benzene rings is 4. The zero-order valence-corrected chi connectivity index (χ0v) is 15.5. The number of furan rings is 2. The second-order valence-electron chi connectivity index (χ2n) is 7.50. The molecule has 2 nitrogen and oxygen atoms in total. The number of hydrogen-bond acceptors (Lipinski definition) is 2. The van der Waals surface area contributed by atoms with Gasteiger partial charge in [0.05, 0.1) is 0 Å². The van der Waals surface area contributed by atoms with Crippen molar-refractivity contribution in [2.24, 2.45) is 0 Å². The molecule has 0 aliphatic heterocycles. The lowest BCUT2D eigenvalue weighted by Gasteiger charge is -2.03. The molecule has 0 N–H and O–H groups in total. The summed E-state index contributed by atoms with van der Waals surface area (Å²) in [5.41, 5.74) is 7.45. The third-order valence-corrected chi connectivity index (χ3v) is 5.57. The molecule has 0 aliphatic rings. The van der Waals surface area contributed by atoms with Crippen molar-refractivity contribution in [2.45, 2.75) is 13.3 Å². The zero-order chi connectivity index (χ0) is 18.7. The molecular formula is C26H18O2. The van der Waals surface area contributed by atoms with E-state index in [0.717, 1.165) is 28.8 Å². The first-order chi connectivity index (χ1) is 13.8. The van der Waals surface area contributed by atoms with Crippen LogP contribution in [0, 0.1) is 6.92 Å². The van der Waals surface area contributed by atoms with Gasteiger partial charge < -0.3 is 8.83 Å². The van der Waals surface area contributed by atoms with Gasteiger partial charge in [0.15, 0.2) is 0 Å². The van der Waals surface area contributed by atoms with Gasteiger partial charge in [-0.15, -0.1) is 0 Å². The number of rotatable bonds is 2. The quantitative estimate of drug-likeness (QED) is 0.321. The molecule has 4 aromatic carbocycles. The van der Waals surface area contributed by atoms with Gasteiger partial charge in [-0.3, -0.25) is 0 Å². The van der Waals surface area contributed by atoms with Gasteiger partial charge in [-0.05, 0) is 42.3 Å². The highest BCUT2D eigenvalue weighted by Gasteiger charge is 2.12. The molecule has 0 fully saturated rings. The maximum atomic E-state index is 6.18. The summed E-state index contributed by atoms with van der Waals surface area (Å²) in [5.74, 6) is 0. The van der Waals surface area contributed by atoms with Gasteiger partial charge in [-0.1, -0.05) is 60.2 Å². The van der Waals surface area contributed by atoms with Crippen LogP contribution in [0.2, 0.25) is 0 Å². The average molecular weight is 362 g/mol. The van der Waals surface area contributed by atoms with Crippen LogP contribution in [-0.4, -0.2) is 0 Å². The summed E-state index contributed by atoms with van der Waals surface area (Å²) in [6.45, 7) is 2.11. The van der Waals surface area contributed by atoms with Gasteiger partial charge in [-0.2, -0.15) is 0 Å². The lowest BCUT2D eigenvalue weighted by Crippen LogP contribution is -1.88. The third kappa shape index (κ3) is 2.28. The highest BCUT2D eigenvalue weighted by Crippen LogP contribution is 2.33. The topological polar surface area (TPSA) is 26.3 Å². The monoisotopic (exact) mass is 362 g/mol. The van der Waals surface area contributed by atoms with E-state index in [-0.39, 0.29) is 0 Å². The van der Waals surface area contributed by atoms with E-state index in [1.165, 1.54) is 38.2 Å². The number of para-hydroxylation sites is 2. The van der Waals surface area contributed by atoms with Crippen molar-refractivity contribution in [1.82, 2.24) is 0 Å². The van der Waals surface area contributed by atoms with Gasteiger partial charge in [-0.25, -0.2) is 0 Å². The van der Waals surface area contributed by atoms with Crippen LogP contribution in [0.15, 0.2) is 87.7 Å². The second-order valence-corrected chi connectivity index (χ2v) is 7.50. The molecule has 0 bridgehead atoms. The van der Waals surface area contributed by atoms with Crippen LogP contribution in [0.3, 0.4) is 0 Å². The maximum Gasteiger partial charge on any atom is 0.138 e. The zero-order valence-electron chi connectivity index (χ0n) is 15.5. The third-order valence-electron chi connectivity index (χ3n) is 5.57. The van der Waals surface area contributed by atoms with Crippen LogP contribution in [0.25, 0.3) is 43.9 Å². The van der Waals surface area contributed by atoms with E-state index in [0.29, 0.717) is 0 Å². The fraction of sp³-hybridized carbons (Fsp3) is 0.0769. The minimum atomic E-state index is 0.809. The molecule has 28 heavy (non-hydrogen) atoms. The molecular weight excluding hydrogens is 344 g/mol. The Balaban J connectivity index is 1.48. The Kier molecular flexibility index (Phi) is 3.18. The molecule has 0 saturated carbocycles. The molecule has 0 radical (unpaired) electrons. The van der Waals surface area contributed by atoms with E-state index in [4.69, 9.17) is 8.83 Å². The molecule has 0 saturated heterocycles. The maximum absolute atomic E-state index is 6.18. The molecule has 6 aromatic rings. The Morgan fingerprint density at radius 3 is 2.39 bits per heavy atom. The second kappa shape index (κ2) is 5.74. The largest absolute Gasteiger partial charge is 0.456 e. The summed E-state index contributed by atoms with van der Waals surface area (Å²) in [7, 11) is 0. The summed E-state index contributed by atoms with van der Waals surface area (Å²) in [5, 5.41) is 4.70. The van der Waals surface area contributed by atoms with E-state index < -0.39 is 0 Å². The number of hydrogen-bond donors (Lipinski definition) is 0. The molecule has 2 heteroatoms. The van der Waals surface area contributed by atoms with Gasteiger partial charge in [0.2, 0.25) is 0 Å². The summed E-state index contributed by atoms with van der Waals surface area (Å²) >= 11 is 0. The highest BCUT2D eigenvalue weighted by molar-refractivity contribution is 6.06. The van der Waals surface area contributed by atoms with Crippen molar-refractivity contribution < 1.29 is 8.83 Å². The first-order valence-corrected chi connectivity index (χ1v) is 9.57. The van der Waals surface area contributed by atoms with Crippen molar-refractivity contribution in [2.75, 3.05) is 0 Å². The Morgan fingerprint density at radius 2 is 1.43 bits per heavy atom. The predicted molar refractivity (Wildman–Crippen MR) is 115 cm³/mol. The van der Waals surface area contributed by atoms with Gasteiger partial charge >= 0.3 is 0 Å². The molecule has 2 heterocycles. The molecule has 2 aromatic heterocycles. The van der Waals surface area contributed by atoms with Gasteiger partial charge in [0.25, 0.3) is 0 Å². The summed E-state index contributed by atoms with van der Waals surface area (Å²) in [6.07, 6.45) is 0.809. The number of fused-ring (bicyclic) bond motifs is 6. The van der Waals surface area contributed by atoms with Gasteiger partial charge in [0.1, 0.15) is 22.3 Å². The van der Waals surface area contributed by atoms with E-state index in [1.54, 1.807) is 0 Å². The molecule has 6 rings (SSSR count). The Labute approximate surface area is 162 Å². The summed E-state index contributed by atoms with van der Waals surface area (Å²) < 4.78 is 12.3. The standard InChI is InChI=1S/C26H18O2/c1-16-9-12-24-22(13-16)20-11-10-17(15-25(20)27-24)14-18-5-4-7-21-19-6-2-3-8-23(19)28-26(18)21/h2-13,15H,14H2,1H3. The summed E-state index contributed by atoms with van der Waals surface area (Å²) in [4.78, 5) is 0. The van der Waals surface area contributed by atoms with Crippen LogP contribution >= 0.6 is 0 Å². The van der Waals surface area contributed by atoms with Crippen molar-refractivity contribution >= 4 is 43.9 Å². The van der Waals surface area contributed by atoms with Crippen molar-refractivity contribution in [3.63, 3.8) is 0 Å². The summed E-state index contributed by atoms with van der Waals surface area (Å²) in [6, 6.07) is 27.5. The lowest BCUT2D eigenvalue weighted by atomic mass is 10.0. The van der Waals surface area contributed by atoms with Gasteiger partial charge in [0, 0.05) is 28.0 Å². The minimum absolute atomic E-state index is 0.809. The average Bonchev–Trinajstić information content (AvgIpc) is 3.26. The fourth-order valence-electron chi connectivity index (χ4n) is 4.21. The molecule has 0 amide bonds. The molecule has 0 atom stereocenters. The molecule has 0 unspecified atom stereocenters. The smallest absolute Gasteiger partial charge is 0.138 e. The number of aryl methyl sites for hydroxylation is 1. The first-order valence-electron chi connectivity index (χ1n) is 9.57. The van der Waals surface area contributed by atoms with E-state index in [2.05, 4.69) is 73.7 Å². The van der Waals surface area contributed by atoms with Crippen LogP contribution in [0.1, 0.15) is 16.7 Å². The molecule has 134 valence electrons. The van der Waals surface area contributed by atoms with Crippen LogP contribution < -0.4 is 0 Å². The Bertz CT molecular complexity index is 1500. The first kappa shape index (κ1) is 15.5. The van der Waals surface area contributed by atoms with E-state index in [9.17, 15) is 0 Å². The highest BCUT2D eigenvalue weighted by atomic mass is 16.3. The van der Waals surface area contributed by atoms with Crippen molar-refractivity contribution in [3.8, 4) is 0 Å². The minimum Gasteiger partial charge on any atom is -0.456 e. The lowest BCUT2D eigenvalue weighted by molar-refractivity contribution is 0.663. The predicted octanol–water partition coefficient (Wildman–Crippen LogP) is 7.38.